The van der Waals surface area contributed by atoms with E-state index in [1.807, 2.05) is 32.0 Å². The van der Waals surface area contributed by atoms with E-state index in [0.717, 1.165) is 30.4 Å². The van der Waals surface area contributed by atoms with Crippen LogP contribution in [0.5, 0.6) is 5.75 Å². The van der Waals surface area contributed by atoms with E-state index in [9.17, 15) is 9.59 Å². The van der Waals surface area contributed by atoms with Crippen molar-refractivity contribution in [3.05, 3.63) is 29.3 Å². The van der Waals surface area contributed by atoms with E-state index in [4.69, 9.17) is 9.47 Å². The topological polar surface area (TPSA) is 52.6 Å². The van der Waals surface area contributed by atoms with Crippen molar-refractivity contribution in [1.29, 1.82) is 0 Å². The van der Waals surface area contributed by atoms with Gasteiger partial charge in [0, 0.05) is 5.41 Å². The average Bonchev–Trinajstić information content (AvgIpc) is 2.57. The number of benzene rings is 1. The van der Waals surface area contributed by atoms with Gasteiger partial charge in [0.05, 0.1) is 0 Å². The normalized spacial score (nSPS) is 31.7. The number of esters is 1. The molecule has 4 aliphatic rings. The van der Waals surface area contributed by atoms with Crippen molar-refractivity contribution in [2.75, 3.05) is 13.2 Å². The van der Waals surface area contributed by atoms with E-state index in [1.54, 1.807) is 0 Å². The fourth-order valence-electron chi connectivity index (χ4n) is 5.89. The summed E-state index contributed by atoms with van der Waals surface area (Å²) in [5, 5.41) is 0. The van der Waals surface area contributed by atoms with E-state index in [-0.39, 0.29) is 24.4 Å². The Labute approximate surface area is 155 Å². The Hall–Kier alpha value is -1.84. The molecular formula is C22H28O4. The highest BCUT2D eigenvalue weighted by Gasteiger charge is 2.54. The number of carbonyl (C=O) groups excluding carboxylic acids is 2. The molecule has 0 aromatic heterocycles. The van der Waals surface area contributed by atoms with Crippen molar-refractivity contribution in [3.8, 4) is 5.75 Å². The fraction of sp³-hybridized carbons (Fsp3) is 0.636. The number of ether oxygens (including phenoxy) is 2. The van der Waals surface area contributed by atoms with Crippen molar-refractivity contribution in [2.45, 2.75) is 52.4 Å². The second-order valence-electron chi connectivity index (χ2n) is 8.84. The Morgan fingerprint density at radius 1 is 1.00 bits per heavy atom. The monoisotopic (exact) mass is 356 g/mol. The summed E-state index contributed by atoms with van der Waals surface area (Å²) in [6.45, 7) is 3.71. The number of carbonyl (C=O) groups is 2. The van der Waals surface area contributed by atoms with Crippen LogP contribution < -0.4 is 4.74 Å². The predicted octanol–water partition coefficient (Wildman–Crippen LogP) is 4.01. The van der Waals surface area contributed by atoms with Gasteiger partial charge in [-0.05, 0) is 81.8 Å². The second kappa shape index (κ2) is 6.71. The smallest absolute Gasteiger partial charge is 0.344 e. The predicted molar refractivity (Wildman–Crippen MR) is 98.0 cm³/mol. The Bertz CT molecular complexity index is 686. The van der Waals surface area contributed by atoms with Crippen LogP contribution in [0.1, 0.15) is 49.7 Å². The van der Waals surface area contributed by atoms with Gasteiger partial charge in [-0.2, -0.15) is 0 Å². The van der Waals surface area contributed by atoms with Crippen LogP contribution in [0.3, 0.4) is 0 Å². The molecule has 0 spiro atoms. The highest BCUT2D eigenvalue weighted by atomic mass is 16.6. The molecule has 4 fully saturated rings. The first-order chi connectivity index (χ1) is 12.4. The van der Waals surface area contributed by atoms with Crippen LogP contribution in [0, 0.1) is 37.0 Å². The van der Waals surface area contributed by atoms with Gasteiger partial charge in [0.2, 0.25) is 0 Å². The first-order valence-corrected chi connectivity index (χ1v) is 9.82. The summed E-state index contributed by atoms with van der Waals surface area (Å²) < 4.78 is 10.8. The van der Waals surface area contributed by atoms with E-state index in [1.165, 1.54) is 19.3 Å². The third-order valence-corrected chi connectivity index (χ3v) is 6.67. The minimum absolute atomic E-state index is 0.0960. The van der Waals surface area contributed by atoms with Crippen molar-refractivity contribution in [2.24, 2.45) is 23.2 Å². The molecule has 4 aliphatic carbocycles. The minimum atomic E-state index is -0.469. The van der Waals surface area contributed by atoms with Gasteiger partial charge in [0.25, 0.3) is 0 Å². The van der Waals surface area contributed by atoms with Gasteiger partial charge in [0.1, 0.15) is 5.75 Å². The summed E-state index contributed by atoms with van der Waals surface area (Å²) in [7, 11) is 0. The molecule has 0 radical (unpaired) electrons. The molecule has 4 bridgehead atoms. The van der Waals surface area contributed by atoms with E-state index >= 15 is 0 Å². The summed E-state index contributed by atoms with van der Waals surface area (Å²) in [6, 6.07) is 5.82. The van der Waals surface area contributed by atoms with Gasteiger partial charge in [-0.3, -0.25) is 4.79 Å². The second-order valence-corrected chi connectivity index (χ2v) is 8.84. The zero-order valence-electron chi connectivity index (χ0n) is 15.8. The van der Waals surface area contributed by atoms with Gasteiger partial charge >= 0.3 is 5.97 Å². The standard InChI is InChI=1S/C22H28O4/c1-14-3-4-19(15(2)5-14)25-13-21(24)26-12-20(23)22-9-16-6-17(10-22)8-18(7-16)11-22/h3-5,16-18H,6-13H2,1-2H3. The molecule has 1 aromatic rings. The van der Waals surface area contributed by atoms with Crippen LogP contribution in [0.15, 0.2) is 18.2 Å². The summed E-state index contributed by atoms with van der Waals surface area (Å²) in [6.07, 6.45) is 6.93. The molecule has 4 nitrogen and oxygen atoms in total. The van der Waals surface area contributed by atoms with Crippen molar-refractivity contribution in [1.82, 2.24) is 0 Å². The van der Waals surface area contributed by atoms with Gasteiger partial charge < -0.3 is 9.47 Å². The van der Waals surface area contributed by atoms with Crippen molar-refractivity contribution >= 4 is 11.8 Å². The quantitative estimate of drug-likeness (QED) is 0.723. The number of ketones is 1. The Morgan fingerprint density at radius 3 is 2.19 bits per heavy atom. The maximum atomic E-state index is 12.8. The molecule has 0 atom stereocenters. The molecule has 0 unspecified atom stereocenters. The summed E-state index contributed by atoms with van der Waals surface area (Å²) in [5.41, 5.74) is 1.93. The lowest BCUT2D eigenvalue weighted by atomic mass is 9.48. The molecule has 4 heteroatoms. The molecule has 1 aromatic carbocycles. The molecular weight excluding hydrogens is 328 g/mol. The Morgan fingerprint density at radius 2 is 1.62 bits per heavy atom. The number of hydrogen-bond donors (Lipinski definition) is 0. The minimum Gasteiger partial charge on any atom is -0.482 e. The Kier molecular flexibility index (Phi) is 4.54. The molecule has 26 heavy (non-hydrogen) atoms. The molecule has 0 N–H and O–H groups in total. The summed E-state index contributed by atoms with van der Waals surface area (Å²) in [5.74, 6) is 2.50. The van der Waals surface area contributed by atoms with Crippen LogP contribution >= 0.6 is 0 Å². The number of hydrogen-bond acceptors (Lipinski definition) is 4. The third-order valence-electron chi connectivity index (χ3n) is 6.67. The fourth-order valence-corrected chi connectivity index (χ4v) is 5.89. The maximum Gasteiger partial charge on any atom is 0.344 e. The molecule has 0 aliphatic heterocycles. The molecule has 0 saturated heterocycles. The van der Waals surface area contributed by atoms with Crippen LogP contribution in [-0.2, 0) is 14.3 Å². The third kappa shape index (κ3) is 3.38. The van der Waals surface area contributed by atoms with Gasteiger partial charge in [-0.1, -0.05) is 17.7 Å². The first-order valence-electron chi connectivity index (χ1n) is 9.82. The van der Waals surface area contributed by atoms with Crippen LogP contribution in [-0.4, -0.2) is 25.0 Å². The van der Waals surface area contributed by atoms with Gasteiger partial charge in [0.15, 0.2) is 19.0 Å². The lowest BCUT2D eigenvalue weighted by molar-refractivity contribution is -0.158. The molecule has 0 heterocycles. The SMILES string of the molecule is Cc1ccc(OCC(=O)OCC(=O)C23CC4CC(CC(C4)C2)C3)c(C)c1. The average molecular weight is 356 g/mol. The molecule has 4 saturated carbocycles. The molecule has 0 amide bonds. The van der Waals surface area contributed by atoms with Crippen LogP contribution in [0.2, 0.25) is 0 Å². The maximum absolute atomic E-state index is 12.8. The highest BCUT2D eigenvalue weighted by molar-refractivity contribution is 5.88. The number of aryl methyl sites for hydroxylation is 2. The van der Waals surface area contributed by atoms with Crippen LogP contribution in [0.25, 0.3) is 0 Å². The van der Waals surface area contributed by atoms with Crippen molar-refractivity contribution < 1.29 is 19.1 Å². The summed E-state index contributed by atoms with van der Waals surface area (Å²) >= 11 is 0. The molecule has 140 valence electrons. The number of Topliss-reactive ketones (excluding diaryl/α,β-unsaturated/α-hetero) is 1. The highest BCUT2D eigenvalue weighted by Crippen LogP contribution is 2.60. The van der Waals surface area contributed by atoms with Crippen LogP contribution in [0.4, 0.5) is 0 Å². The first kappa shape index (κ1) is 17.6. The van der Waals surface area contributed by atoms with Gasteiger partial charge in [-0.25, -0.2) is 4.79 Å². The van der Waals surface area contributed by atoms with E-state index in [0.29, 0.717) is 23.5 Å². The lowest BCUT2D eigenvalue weighted by Gasteiger charge is -2.55. The Balaban J connectivity index is 1.28. The molecule has 5 rings (SSSR count). The van der Waals surface area contributed by atoms with Gasteiger partial charge in [-0.15, -0.1) is 0 Å². The van der Waals surface area contributed by atoms with E-state index < -0.39 is 5.97 Å². The lowest BCUT2D eigenvalue weighted by Crippen LogP contribution is -2.51. The van der Waals surface area contributed by atoms with Crippen molar-refractivity contribution in [3.63, 3.8) is 0 Å². The zero-order chi connectivity index (χ0) is 18.3. The number of rotatable bonds is 6. The largest absolute Gasteiger partial charge is 0.482 e. The summed E-state index contributed by atoms with van der Waals surface area (Å²) in [4.78, 5) is 24.9. The zero-order valence-corrected chi connectivity index (χ0v) is 15.8. The van der Waals surface area contributed by atoms with E-state index in [2.05, 4.69) is 0 Å².